The third kappa shape index (κ3) is 2.55. The molecule has 0 radical (unpaired) electrons. The standard InChI is InChI=1S/C17H11FN4O2S/c18-12-2-1-3-13-14(12)19-17(25-13)20-16-22-21-15(24-16)9-4-5-10-7-23-8-11(10)6-9/h1-6H,7-8H2,(H,19,20,22). The van der Waals surface area contributed by atoms with E-state index in [-0.39, 0.29) is 11.8 Å². The summed E-state index contributed by atoms with van der Waals surface area (Å²) in [6.45, 7) is 1.24. The Morgan fingerprint density at radius 2 is 2.00 bits per heavy atom. The van der Waals surface area contributed by atoms with Crippen LogP contribution < -0.4 is 5.32 Å². The second-order valence-corrected chi connectivity index (χ2v) is 6.65. The Bertz CT molecular complexity index is 1090. The average Bonchev–Trinajstić information content (AvgIpc) is 3.33. The number of halogens is 1. The maximum absolute atomic E-state index is 13.7. The highest BCUT2D eigenvalue weighted by Crippen LogP contribution is 2.31. The van der Waals surface area contributed by atoms with E-state index in [1.807, 2.05) is 24.3 Å². The molecule has 2 aromatic heterocycles. The van der Waals surface area contributed by atoms with Gasteiger partial charge in [-0.05, 0) is 35.4 Å². The summed E-state index contributed by atoms with van der Waals surface area (Å²) in [4.78, 5) is 4.22. The Hall–Kier alpha value is -2.84. The molecule has 0 saturated heterocycles. The van der Waals surface area contributed by atoms with Gasteiger partial charge in [0, 0.05) is 5.56 Å². The summed E-state index contributed by atoms with van der Waals surface area (Å²) in [5.41, 5.74) is 3.47. The number of nitrogens with one attached hydrogen (secondary N) is 1. The number of anilines is 2. The third-order valence-corrected chi connectivity index (χ3v) is 4.91. The molecule has 8 heteroatoms. The molecular weight excluding hydrogens is 343 g/mol. The first kappa shape index (κ1) is 14.5. The quantitative estimate of drug-likeness (QED) is 0.593. The van der Waals surface area contributed by atoms with E-state index in [4.69, 9.17) is 9.15 Å². The Morgan fingerprint density at radius 1 is 1.08 bits per heavy atom. The molecule has 0 fully saturated rings. The number of aromatic nitrogens is 3. The molecule has 0 amide bonds. The van der Waals surface area contributed by atoms with Crippen molar-refractivity contribution in [3.8, 4) is 11.5 Å². The first-order chi connectivity index (χ1) is 12.3. The van der Waals surface area contributed by atoms with Crippen LogP contribution in [0.15, 0.2) is 40.8 Å². The molecule has 6 nitrogen and oxygen atoms in total. The Labute approximate surface area is 145 Å². The maximum Gasteiger partial charge on any atom is 0.322 e. The minimum Gasteiger partial charge on any atom is -0.403 e. The van der Waals surface area contributed by atoms with E-state index in [1.165, 1.54) is 23.0 Å². The van der Waals surface area contributed by atoms with E-state index >= 15 is 0 Å². The number of hydrogen-bond donors (Lipinski definition) is 1. The fourth-order valence-electron chi connectivity index (χ4n) is 2.76. The summed E-state index contributed by atoms with van der Waals surface area (Å²) in [5.74, 6) is 0.0536. The van der Waals surface area contributed by atoms with Crippen molar-refractivity contribution in [2.75, 3.05) is 5.32 Å². The summed E-state index contributed by atoms with van der Waals surface area (Å²) in [6, 6.07) is 11.0. The lowest BCUT2D eigenvalue weighted by Crippen LogP contribution is -1.89. The number of hydrogen-bond acceptors (Lipinski definition) is 7. The van der Waals surface area contributed by atoms with Crippen molar-refractivity contribution >= 4 is 32.7 Å². The summed E-state index contributed by atoms with van der Waals surface area (Å²) >= 11 is 1.32. The van der Waals surface area contributed by atoms with Gasteiger partial charge in [0.2, 0.25) is 5.89 Å². The molecule has 3 heterocycles. The number of fused-ring (bicyclic) bond motifs is 2. The molecule has 2 aromatic carbocycles. The van der Waals surface area contributed by atoms with Gasteiger partial charge < -0.3 is 9.15 Å². The molecular formula is C17H11FN4O2S. The van der Waals surface area contributed by atoms with Crippen LogP contribution in [-0.4, -0.2) is 15.2 Å². The van der Waals surface area contributed by atoms with Crippen molar-refractivity contribution in [1.82, 2.24) is 15.2 Å². The van der Waals surface area contributed by atoms with E-state index in [0.717, 1.165) is 15.8 Å². The largest absolute Gasteiger partial charge is 0.403 e. The Balaban J connectivity index is 1.43. The first-order valence-electron chi connectivity index (χ1n) is 7.62. The van der Waals surface area contributed by atoms with Crippen LogP contribution in [0.5, 0.6) is 0 Å². The molecule has 5 rings (SSSR count). The zero-order valence-electron chi connectivity index (χ0n) is 12.8. The van der Waals surface area contributed by atoms with E-state index in [0.29, 0.717) is 29.8 Å². The van der Waals surface area contributed by atoms with Crippen molar-refractivity contribution in [3.05, 3.63) is 53.3 Å². The highest BCUT2D eigenvalue weighted by atomic mass is 32.1. The average molecular weight is 354 g/mol. The van der Waals surface area contributed by atoms with Gasteiger partial charge in [0.15, 0.2) is 5.13 Å². The zero-order valence-corrected chi connectivity index (χ0v) is 13.6. The van der Waals surface area contributed by atoms with Gasteiger partial charge in [-0.25, -0.2) is 9.37 Å². The molecule has 0 atom stereocenters. The van der Waals surface area contributed by atoms with E-state index in [2.05, 4.69) is 20.5 Å². The predicted molar refractivity (Wildman–Crippen MR) is 91.1 cm³/mol. The third-order valence-electron chi connectivity index (χ3n) is 3.98. The maximum atomic E-state index is 13.7. The lowest BCUT2D eigenvalue weighted by atomic mass is 10.1. The van der Waals surface area contributed by atoms with Crippen LogP contribution in [0.3, 0.4) is 0 Å². The lowest BCUT2D eigenvalue weighted by molar-refractivity contribution is 0.134. The second kappa shape index (κ2) is 5.61. The summed E-state index contributed by atoms with van der Waals surface area (Å²) in [6.07, 6.45) is 0. The predicted octanol–water partition coefficient (Wildman–Crippen LogP) is 4.26. The van der Waals surface area contributed by atoms with Crippen molar-refractivity contribution in [1.29, 1.82) is 0 Å². The fraction of sp³-hybridized carbons (Fsp3) is 0.118. The van der Waals surface area contributed by atoms with Gasteiger partial charge in [-0.1, -0.05) is 28.6 Å². The van der Waals surface area contributed by atoms with Gasteiger partial charge in [0.25, 0.3) is 0 Å². The molecule has 0 spiro atoms. The molecule has 1 N–H and O–H groups in total. The number of benzene rings is 2. The van der Waals surface area contributed by atoms with Crippen molar-refractivity contribution in [2.45, 2.75) is 13.2 Å². The van der Waals surface area contributed by atoms with E-state index in [1.54, 1.807) is 6.07 Å². The smallest absolute Gasteiger partial charge is 0.322 e. The molecule has 0 saturated carbocycles. The summed E-state index contributed by atoms with van der Waals surface area (Å²) < 4.78 is 25.5. The number of thiazole rings is 1. The van der Waals surface area contributed by atoms with E-state index < -0.39 is 0 Å². The molecule has 0 bridgehead atoms. The molecule has 25 heavy (non-hydrogen) atoms. The van der Waals surface area contributed by atoms with Crippen molar-refractivity contribution in [3.63, 3.8) is 0 Å². The number of nitrogens with zero attached hydrogens (tertiary/aromatic N) is 3. The van der Waals surface area contributed by atoms with Crippen LogP contribution in [0.4, 0.5) is 15.5 Å². The Morgan fingerprint density at radius 3 is 2.92 bits per heavy atom. The van der Waals surface area contributed by atoms with Gasteiger partial charge in [-0.3, -0.25) is 5.32 Å². The zero-order chi connectivity index (χ0) is 16.8. The van der Waals surface area contributed by atoms with Gasteiger partial charge in [-0.15, -0.1) is 5.10 Å². The molecule has 0 unspecified atom stereocenters. The van der Waals surface area contributed by atoms with Gasteiger partial charge in [-0.2, -0.15) is 0 Å². The van der Waals surface area contributed by atoms with Gasteiger partial charge >= 0.3 is 6.01 Å². The topological polar surface area (TPSA) is 73.1 Å². The van der Waals surface area contributed by atoms with Gasteiger partial charge in [0.1, 0.15) is 11.3 Å². The fourth-order valence-corrected chi connectivity index (χ4v) is 3.63. The minimum absolute atomic E-state index is 0.214. The van der Waals surface area contributed by atoms with Crippen LogP contribution in [0.2, 0.25) is 0 Å². The second-order valence-electron chi connectivity index (χ2n) is 5.62. The normalized spacial score (nSPS) is 13.3. The molecule has 4 aromatic rings. The molecule has 0 aliphatic carbocycles. The highest BCUT2D eigenvalue weighted by Gasteiger charge is 2.16. The summed E-state index contributed by atoms with van der Waals surface area (Å²) in [5, 5.41) is 11.5. The van der Waals surface area contributed by atoms with Crippen molar-refractivity contribution < 1.29 is 13.5 Å². The monoisotopic (exact) mass is 354 g/mol. The first-order valence-corrected chi connectivity index (χ1v) is 8.43. The number of ether oxygens (including phenoxy) is 1. The van der Waals surface area contributed by atoms with Crippen LogP contribution in [0, 0.1) is 5.82 Å². The number of rotatable bonds is 3. The Kier molecular flexibility index (Phi) is 3.25. The molecule has 1 aliphatic heterocycles. The minimum atomic E-state index is -0.353. The van der Waals surface area contributed by atoms with E-state index in [9.17, 15) is 4.39 Å². The SMILES string of the molecule is Fc1cccc2sc(Nc3nnc(-c4ccc5c(c4)COC5)o3)nc12. The molecule has 1 aliphatic rings. The molecule has 124 valence electrons. The van der Waals surface area contributed by atoms with Crippen molar-refractivity contribution in [2.24, 2.45) is 0 Å². The lowest BCUT2D eigenvalue weighted by Gasteiger charge is -1.99. The highest BCUT2D eigenvalue weighted by molar-refractivity contribution is 7.22. The van der Waals surface area contributed by atoms with Crippen LogP contribution in [-0.2, 0) is 18.0 Å². The number of para-hydroxylation sites is 1. The van der Waals surface area contributed by atoms with Crippen LogP contribution in [0.25, 0.3) is 21.7 Å². The van der Waals surface area contributed by atoms with Crippen LogP contribution in [0.1, 0.15) is 11.1 Å². The van der Waals surface area contributed by atoms with Crippen LogP contribution >= 0.6 is 11.3 Å². The van der Waals surface area contributed by atoms with Gasteiger partial charge in [0.05, 0.1) is 17.9 Å². The summed E-state index contributed by atoms with van der Waals surface area (Å²) in [7, 11) is 0.